The van der Waals surface area contributed by atoms with Crippen molar-refractivity contribution in [3.8, 4) is 0 Å². The number of aryl methyl sites for hydroxylation is 1. The number of benzene rings is 1. The second kappa shape index (κ2) is 7.48. The van der Waals surface area contributed by atoms with Crippen LogP contribution >= 0.6 is 0 Å². The molecule has 0 aromatic heterocycles. The van der Waals surface area contributed by atoms with Crippen molar-refractivity contribution in [2.24, 2.45) is 0 Å². The molecule has 100 valence electrons. The molecule has 3 nitrogen and oxygen atoms in total. The highest BCUT2D eigenvalue weighted by Gasteiger charge is 2.31. The highest BCUT2D eigenvalue weighted by Crippen LogP contribution is 2.10. The van der Waals surface area contributed by atoms with Gasteiger partial charge in [-0.3, -0.25) is 0 Å². The summed E-state index contributed by atoms with van der Waals surface area (Å²) in [4.78, 5) is 0. The van der Waals surface area contributed by atoms with Crippen LogP contribution in [0.25, 0.3) is 6.08 Å². The van der Waals surface area contributed by atoms with Crippen molar-refractivity contribution in [1.82, 2.24) is 0 Å². The summed E-state index contributed by atoms with van der Waals surface area (Å²) in [6, 6.07) is 8.40. The first kappa shape index (κ1) is 15.1. The summed E-state index contributed by atoms with van der Waals surface area (Å²) < 4.78 is 16.2. The fourth-order valence-electron chi connectivity index (χ4n) is 1.56. The molecule has 0 N–H and O–H groups in total. The van der Waals surface area contributed by atoms with Gasteiger partial charge >= 0.3 is 8.80 Å². The van der Waals surface area contributed by atoms with Crippen LogP contribution in [0.2, 0.25) is 6.55 Å². The average Bonchev–Trinajstić information content (AvgIpc) is 2.44. The van der Waals surface area contributed by atoms with Crippen LogP contribution in [0.4, 0.5) is 0 Å². The molecule has 18 heavy (non-hydrogen) atoms. The van der Waals surface area contributed by atoms with E-state index in [1.165, 1.54) is 5.56 Å². The lowest BCUT2D eigenvalue weighted by Crippen LogP contribution is -2.40. The first-order chi connectivity index (χ1) is 8.63. The van der Waals surface area contributed by atoms with Crippen molar-refractivity contribution in [3.05, 3.63) is 42.0 Å². The minimum Gasteiger partial charge on any atom is -0.377 e. The van der Waals surface area contributed by atoms with Crippen molar-refractivity contribution >= 4 is 14.9 Å². The Morgan fingerprint density at radius 3 is 2.28 bits per heavy atom. The van der Waals surface area contributed by atoms with Crippen molar-refractivity contribution in [2.45, 2.75) is 19.4 Å². The van der Waals surface area contributed by atoms with Crippen molar-refractivity contribution in [3.63, 3.8) is 0 Å². The quantitative estimate of drug-likeness (QED) is 0.534. The zero-order valence-corrected chi connectivity index (χ0v) is 12.4. The predicted octanol–water partition coefficient (Wildman–Crippen LogP) is 3.14. The molecule has 0 radical (unpaired) electrons. The van der Waals surface area contributed by atoms with Gasteiger partial charge in [0.2, 0.25) is 0 Å². The smallest absolute Gasteiger partial charge is 0.377 e. The highest BCUT2D eigenvalue weighted by molar-refractivity contribution is 6.59. The van der Waals surface area contributed by atoms with Crippen molar-refractivity contribution in [1.29, 1.82) is 0 Å². The normalized spacial score (nSPS) is 11.5. The summed E-state index contributed by atoms with van der Waals surface area (Å²) in [5.74, 6) is 0. The van der Waals surface area contributed by atoms with Gasteiger partial charge in [-0.1, -0.05) is 36.9 Å². The van der Waals surface area contributed by atoms with Crippen LogP contribution in [0.15, 0.2) is 30.8 Å². The fraction of sp³-hybridized carbons (Fsp3) is 0.429. The van der Waals surface area contributed by atoms with Gasteiger partial charge in [0.05, 0.1) is 0 Å². The van der Waals surface area contributed by atoms with Crippen LogP contribution in [-0.2, 0) is 19.7 Å². The van der Waals surface area contributed by atoms with Crippen LogP contribution in [0.3, 0.4) is 0 Å². The Morgan fingerprint density at radius 2 is 1.78 bits per heavy atom. The molecule has 0 saturated carbocycles. The maximum absolute atomic E-state index is 5.67. The van der Waals surface area contributed by atoms with E-state index < -0.39 is 8.80 Å². The zero-order chi connectivity index (χ0) is 13.4. The summed E-state index contributed by atoms with van der Waals surface area (Å²) >= 11 is 0. The van der Waals surface area contributed by atoms with E-state index in [9.17, 15) is 0 Å². The Balaban J connectivity index is 2.31. The molecule has 0 heterocycles. The Morgan fingerprint density at radius 1 is 1.17 bits per heavy atom. The number of hydrogen-bond acceptors (Lipinski definition) is 3. The van der Waals surface area contributed by atoms with Crippen molar-refractivity contribution in [2.75, 3.05) is 20.8 Å². The first-order valence-electron chi connectivity index (χ1n) is 6.09. The molecule has 1 aromatic carbocycles. The maximum Gasteiger partial charge on any atom is 0.497 e. The lowest BCUT2D eigenvalue weighted by atomic mass is 10.1. The highest BCUT2D eigenvalue weighted by atomic mass is 28.4. The van der Waals surface area contributed by atoms with Crippen LogP contribution in [-0.4, -0.2) is 29.6 Å². The number of rotatable bonds is 8. The van der Waals surface area contributed by atoms with Gasteiger partial charge in [-0.2, -0.15) is 0 Å². The van der Waals surface area contributed by atoms with E-state index in [0.717, 1.165) is 18.4 Å². The van der Waals surface area contributed by atoms with Gasteiger partial charge in [0, 0.05) is 27.4 Å². The van der Waals surface area contributed by atoms with Crippen LogP contribution in [0.5, 0.6) is 0 Å². The fourth-order valence-corrected chi connectivity index (χ4v) is 2.47. The summed E-state index contributed by atoms with van der Waals surface area (Å²) in [6.45, 7) is 6.29. The summed E-state index contributed by atoms with van der Waals surface area (Å²) in [6.07, 6.45) is 3.80. The lowest BCUT2D eigenvalue weighted by Gasteiger charge is -2.21. The monoisotopic (exact) mass is 266 g/mol. The average molecular weight is 266 g/mol. The standard InChI is InChI=1S/C14H22O3Si/c1-5-13-8-10-14(11-9-13)7-6-12-17-18(4,15-2)16-3/h5,8-11H,1,6-7,12H2,2-4H3. The Kier molecular flexibility index (Phi) is 6.28. The number of hydrogen-bond donors (Lipinski definition) is 0. The molecule has 0 unspecified atom stereocenters. The van der Waals surface area contributed by atoms with Gasteiger partial charge in [-0.05, 0) is 24.0 Å². The van der Waals surface area contributed by atoms with Gasteiger partial charge in [0.1, 0.15) is 0 Å². The molecule has 0 aliphatic carbocycles. The van der Waals surface area contributed by atoms with Gasteiger partial charge < -0.3 is 13.3 Å². The molecule has 0 aliphatic heterocycles. The molecule has 0 atom stereocenters. The topological polar surface area (TPSA) is 27.7 Å². The van der Waals surface area contributed by atoms with Gasteiger partial charge in [0.25, 0.3) is 0 Å². The lowest BCUT2D eigenvalue weighted by molar-refractivity contribution is 0.105. The minimum absolute atomic E-state index is 0.660. The van der Waals surface area contributed by atoms with Gasteiger partial charge in [-0.15, -0.1) is 0 Å². The molecule has 0 aliphatic rings. The van der Waals surface area contributed by atoms with Gasteiger partial charge in [-0.25, -0.2) is 0 Å². The third-order valence-corrected chi connectivity index (χ3v) is 5.14. The minimum atomic E-state index is -2.36. The zero-order valence-electron chi connectivity index (χ0n) is 11.4. The SMILES string of the molecule is C=Cc1ccc(CCCO[Si](C)(OC)OC)cc1. The molecular formula is C14H22O3Si. The maximum atomic E-state index is 5.67. The van der Waals surface area contributed by atoms with E-state index in [4.69, 9.17) is 13.3 Å². The van der Waals surface area contributed by atoms with E-state index in [0.29, 0.717) is 6.61 Å². The summed E-state index contributed by atoms with van der Waals surface area (Å²) in [7, 11) is 0.894. The molecule has 4 heteroatoms. The van der Waals surface area contributed by atoms with E-state index in [-0.39, 0.29) is 0 Å². The van der Waals surface area contributed by atoms with E-state index in [1.807, 2.05) is 12.6 Å². The second-order valence-corrected chi connectivity index (χ2v) is 7.00. The Labute approximate surface area is 111 Å². The Hall–Kier alpha value is -0.943. The molecule has 0 amide bonds. The van der Waals surface area contributed by atoms with Crippen LogP contribution < -0.4 is 0 Å². The summed E-state index contributed by atoms with van der Waals surface area (Å²) in [5.41, 5.74) is 2.45. The van der Waals surface area contributed by atoms with Crippen LogP contribution in [0, 0.1) is 0 Å². The first-order valence-corrected chi connectivity index (χ1v) is 8.31. The molecule has 0 bridgehead atoms. The summed E-state index contributed by atoms with van der Waals surface area (Å²) in [5, 5.41) is 0. The molecule has 0 fully saturated rings. The molecular weight excluding hydrogens is 244 g/mol. The van der Waals surface area contributed by atoms with Crippen LogP contribution in [0.1, 0.15) is 17.5 Å². The third kappa shape index (κ3) is 4.74. The van der Waals surface area contributed by atoms with E-state index in [1.54, 1.807) is 14.2 Å². The molecule has 0 saturated heterocycles. The Bertz CT molecular complexity index is 358. The van der Waals surface area contributed by atoms with Crippen molar-refractivity contribution < 1.29 is 13.3 Å². The van der Waals surface area contributed by atoms with Gasteiger partial charge in [0.15, 0.2) is 0 Å². The van der Waals surface area contributed by atoms with E-state index in [2.05, 4.69) is 30.8 Å². The molecule has 1 rings (SSSR count). The second-order valence-electron chi connectivity index (χ2n) is 4.17. The van der Waals surface area contributed by atoms with E-state index >= 15 is 0 Å². The predicted molar refractivity (Wildman–Crippen MR) is 76.4 cm³/mol. The molecule has 1 aromatic rings. The third-order valence-electron chi connectivity index (χ3n) is 2.93. The molecule has 0 spiro atoms. The largest absolute Gasteiger partial charge is 0.497 e.